The molecule has 3 aromatic rings. The Morgan fingerprint density at radius 3 is 2.29 bits per heavy atom. The van der Waals surface area contributed by atoms with Crippen molar-refractivity contribution in [1.29, 1.82) is 0 Å². The molecule has 1 heterocycles. The van der Waals surface area contributed by atoms with Gasteiger partial charge in [0.15, 0.2) is 11.8 Å². The van der Waals surface area contributed by atoms with E-state index in [-0.39, 0.29) is 5.96 Å². The fourth-order valence-corrected chi connectivity index (χ4v) is 2.33. The predicted octanol–water partition coefficient (Wildman–Crippen LogP) is 2.51. The molecule has 0 unspecified atom stereocenters. The SMILES string of the molecule is Cc1ccccc1-c1nnc(N=C(N)N)c2ccccc12. The van der Waals surface area contributed by atoms with E-state index in [0.717, 1.165) is 27.6 Å². The number of hydrogen-bond donors (Lipinski definition) is 2. The third kappa shape index (κ3) is 2.41. The highest BCUT2D eigenvalue weighted by Crippen LogP contribution is 2.32. The third-order valence-corrected chi connectivity index (χ3v) is 3.30. The van der Waals surface area contributed by atoms with Crippen molar-refractivity contribution in [1.82, 2.24) is 10.2 Å². The van der Waals surface area contributed by atoms with Crippen LogP contribution in [-0.4, -0.2) is 16.2 Å². The summed E-state index contributed by atoms with van der Waals surface area (Å²) >= 11 is 0. The Morgan fingerprint density at radius 2 is 1.57 bits per heavy atom. The van der Waals surface area contributed by atoms with Crippen molar-refractivity contribution in [3.63, 3.8) is 0 Å². The molecule has 0 spiro atoms. The van der Waals surface area contributed by atoms with Gasteiger partial charge in [-0.3, -0.25) is 0 Å². The summed E-state index contributed by atoms with van der Waals surface area (Å²) in [4.78, 5) is 4.04. The normalized spacial score (nSPS) is 10.5. The van der Waals surface area contributed by atoms with Crippen LogP contribution in [0.2, 0.25) is 0 Å². The highest BCUT2D eigenvalue weighted by molar-refractivity contribution is 6.00. The molecule has 0 amide bonds. The zero-order valence-electron chi connectivity index (χ0n) is 11.6. The van der Waals surface area contributed by atoms with Gasteiger partial charge < -0.3 is 11.5 Å². The van der Waals surface area contributed by atoms with Crippen LogP contribution >= 0.6 is 0 Å². The third-order valence-electron chi connectivity index (χ3n) is 3.30. The summed E-state index contributed by atoms with van der Waals surface area (Å²) in [7, 11) is 0. The fourth-order valence-electron chi connectivity index (χ4n) is 2.33. The van der Waals surface area contributed by atoms with Gasteiger partial charge in [0.25, 0.3) is 0 Å². The van der Waals surface area contributed by atoms with Gasteiger partial charge in [-0.05, 0) is 12.5 Å². The smallest absolute Gasteiger partial charge is 0.192 e. The second-order valence-corrected chi connectivity index (χ2v) is 4.77. The Balaban J connectivity index is 2.32. The molecule has 0 bridgehead atoms. The van der Waals surface area contributed by atoms with Gasteiger partial charge in [0.2, 0.25) is 0 Å². The van der Waals surface area contributed by atoms with Gasteiger partial charge in [0.05, 0.1) is 0 Å². The van der Waals surface area contributed by atoms with E-state index in [1.807, 2.05) is 42.5 Å². The van der Waals surface area contributed by atoms with Crippen molar-refractivity contribution in [3.8, 4) is 11.3 Å². The molecule has 0 aliphatic heterocycles. The van der Waals surface area contributed by atoms with Crippen molar-refractivity contribution in [2.45, 2.75) is 6.92 Å². The van der Waals surface area contributed by atoms with Crippen molar-refractivity contribution < 1.29 is 0 Å². The molecular weight excluding hydrogens is 262 g/mol. The van der Waals surface area contributed by atoms with E-state index < -0.39 is 0 Å². The first-order valence-electron chi connectivity index (χ1n) is 6.58. The molecule has 3 rings (SSSR count). The minimum absolute atomic E-state index is 0.0295. The lowest BCUT2D eigenvalue weighted by Crippen LogP contribution is -2.22. The largest absolute Gasteiger partial charge is 0.370 e. The molecule has 0 saturated heterocycles. The first-order valence-corrected chi connectivity index (χ1v) is 6.58. The molecule has 0 aliphatic carbocycles. The lowest BCUT2D eigenvalue weighted by atomic mass is 10.0. The zero-order chi connectivity index (χ0) is 14.8. The molecule has 21 heavy (non-hydrogen) atoms. The second kappa shape index (κ2) is 5.20. The van der Waals surface area contributed by atoms with E-state index in [2.05, 4.69) is 28.2 Å². The highest BCUT2D eigenvalue weighted by atomic mass is 15.2. The first kappa shape index (κ1) is 13.1. The maximum atomic E-state index is 5.45. The van der Waals surface area contributed by atoms with Crippen molar-refractivity contribution in [2.75, 3.05) is 0 Å². The van der Waals surface area contributed by atoms with Gasteiger partial charge in [-0.15, -0.1) is 10.2 Å². The summed E-state index contributed by atoms with van der Waals surface area (Å²) in [6.45, 7) is 2.05. The van der Waals surface area contributed by atoms with Gasteiger partial charge in [0.1, 0.15) is 5.69 Å². The van der Waals surface area contributed by atoms with Crippen LogP contribution in [0.25, 0.3) is 22.0 Å². The maximum absolute atomic E-state index is 5.45. The van der Waals surface area contributed by atoms with Gasteiger partial charge in [-0.2, -0.15) is 4.99 Å². The van der Waals surface area contributed by atoms with Crippen molar-refractivity contribution in [3.05, 3.63) is 54.1 Å². The lowest BCUT2D eigenvalue weighted by Gasteiger charge is -2.09. The summed E-state index contributed by atoms with van der Waals surface area (Å²) in [6.07, 6.45) is 0. The number of guanidine groups is 1. The molecule has 0 aliphatic rings. The Bertz CT molecular complexity index is 835. The quantitative estimate of drug-likeness (QED) is 0.556. The summed E-state index contributed by atoms with van der Waals surface area (Å²) in [6, 6.07) is 15.9. The molecule has 2 aromatic carbocycles. The number of nitrogens with two attached hydrogens (primary N) is 2. The van der Waals surface area contributed by atoms with Gasteiger partial charge in [0, 0.05) is 16.3 Å². The Hall–Kier alpha value is -2.95. The van der Waals surface area contributed by atoms with Crippen molar-refractivity contribution >= 4 is 22.5 Å². The number of benzene rings is 2. The Labute approximate surface area is 122 Å². The van der Waals surface area contributed by atoms with E-state index in [1.165, 1.54) is 0 Å². The predicted molar refractivity (Wildman–Crippen MR) is 85.2 cm³/mol. The molecule has 0 fully saturated rings. The average molecular weight is 277 g/mol. The number of aryl methyl sites for hydroxylation is 1. The van der Waals surface area contributed by atoms with E-state index in [0.29, 0.717) is 5.82 Å². The van der Waals surface area contributed by atoms with Gasteiger partial charge in [-0.25, -0.2) is 0 Å². The number of fused-ring (bicyclic) bond motifs is 1. The van der Waals surface area contributed by atoms with Crippen LogP contribution in [0.1, 0.15) is 5.56 Å². The molecule has 4 N–H and O–H groups in total. The standard InChI is InChI=1S/C16H15N5/c1-10-6-2-3-7-11(10)14-12-8-4-5-9-13(12)15(21-20-14)19-16(17)18/h2-9H,1H3,(H4,17,18,19,21). The highest BCUT2D eigenvalue weighted by Gasteiger charge is 2.11. The molecule has 5 heteroatoms. The number of hydrogen-bond acceptors (Lipinski definition) is 3. The zero-order valence-corrected chi connectivity index (χ0v) is 11.6. The molecule has 0 saturated carbocycles. The molecule has 104 valence electrons. The van der Waals surface area contributed by atoms with Gasteiger partial charge >= 0.3 is 0 Å². The molecule has 5 nitrogen and oxygen atoms in total. The molecule has 0 radical (unpaired) electrons. The minimum atomic E-state index is -0.0295. The first-order chi connectivity index (χ1) is 10.2. The van der Waals surface area contributed by atoms with E-state index >= 15 is 0 Å². The van der Waals surface area contributed by atoms with Crippen LogP contribution in [0.15, 0.2) is 53.5 Å². The van der Waals surface area contributed by atoms with Crippen LogP contribution in [0.5, 0.6) is 0 Å². The topological polar surface area (TPSA) is 90.2 Å². The number of aromatic nitrogens is 2. The second-order valence-electron chi connectivity index (χ2n) is 4.77. The molecule has 0 atom stereocenters. The summed E-state index contributed by atoms with van der Waals surface area (Å²) in [5, 5.41) is 10.3. The van der Waals surface area contributed by atoms with E-state index in [4.69, 9.17) is 11.5 Å². The van der Waals surface area contributed by atoms with Crippen LogP contribution < -0.4 is 11.5 Å². The minimum Gasteiger partial charge on any atom is -0.370 e. The van der Waals surface area contributed by atoms with Crippen LogP contribution in [0.3, 0.4) is 0 Å². The Morgan fingerprint density at radius 1 is 0.905 bits per heavy atom. The Kier molecular flexibility index (Phi) is 3.23. The van der Waals surface area contributed by atoms with Gasteiger partial charge in [-0.1, -0.05) is 48.5 Å². The van der Waals surface area contributed by atoms with Crippen molar-refractivity contribution in [2.24, 2.45) is 16.5 Å². The monoisotopic (exact) mass is 277 g/mol. The van der Waals surface area contributed by atoms with Crippen LogP contribution in [-0.2, 0) is 0 Å². The molecule has 1 aromatic heterocycles. The van der Waals surface area contributed by atoms with E-state index in [1.54, 1.807) is 0 Å². The average Bonchev–Trinajstić information content (AvgIpc) is 2.48. The van der Waals surface area contributed by atoms with E-state index in [9.17, 15) is 0 Å². The maximum Gasteiger partial charge on any atom is 0.192 e. The lowest BCUT2D eigenvalue weighted by molar-refractivity contribution is 1.04. The summed E-state index contributed by atoms with van der Waals surface area (Å²) < 4.78 is 0. The van der Waals surface area contributed by atoms with Crippen LogP contribution in [0.4, 0.5) is 5.82 Å². The summed E-state index contributed by atoms with van der Waals surface area (Å²) in [5.74, 6) is 0.404. The summed E-state index contributed by atoms with van der Waals surface area (Å²) in [5.41, 5.74) is 13.9. The number of nitrogens with zero attached hydrogens (tertiary/aromatic N) is 3. The van der Waals surface area contributed by atoms with Crippen LogP contribution in [0, 0.1) is 6.92 Å². The molecular formula is C16H15N5. The fraction of sp³-hybridized carbons (Fsp3) is 0.0625. The number of aliphatic imine (C=N–C) groups is 1. The number of rotatable bonds is 2.